The molecule has 0 heterocycles. The highest BCUT2D eigenvalue weighted by Crippen LogP contribution is 2.68. The number of rotatable bonds is 9. The maximum atomic E-state index is 7.46. The summed E-state index contributed by atoms with van der Waals surface area (Å²) in [5, 5.41) is 0. The second-order valence-corrected chi connectivity index (χ2v) is 13.5. The lowest BCUT2D eigenvalue weighted by molar-refractivity contribution is 0.0816. The van der Waals surface area contributed by atoms with Crippen molar-refractivity contribution < 1.29 is 0 Å². The summed E-state index contributed by atoms with van der Waals surface area (Å²) in [6.07, 6.45) is 7.97. The van der Waals surface area contributed by atoms with Crippen LogP contribution < -0.4 is 5.73 Å². The van der Waals surface area contributed by atoms with Gasteiger partial charge in [0.05, 0.1) is 0 Å². The predicted molar refractivity (Wildman–Crippen MR) is 130 cm³/mol. The average molecular weight is 406 g/mol. The van der Waals surface area contributed by atoms with Gasteiger partial charge in [0.1, 0.15) is 0 Å². The zero-order valence-corrected chi connectivity index (χ0v) is 21.9. The van der Waals surface area contributed by atoms with Crippen LogP contribution in [0.4, 0.5) is 0 Å². The van der Waals surface area contributed by atoms with Gasteiger partial charge in [-0.3, -0.25) is 0 Å². The molecular weight excluding hydrogens is 350 g/mol. The van der Waals surface area contributed by atoms with Crippen molar-refractivity contribution in [1.29, 1.82) is 0 Å². The molecule has 1 heteroatoms. The van der Waals surface area contributed by atoms with Gasteiger partial charge in [0, 0.05) is 5.54 Å². The normalized spacial score (nSPS) is 39.9. The molecule has 2 aliphatic rings. The highest BCUT2D eigenvalue weighted by molar-refractivity contribution is 5.20. The largest absolute Gasteiger partial charge is 0.324 e. The van der Waals surface area contributed by atoms with E-state index in [4.69, 9.17) is 5.73 Å². The Hall–Kier alpha value is -0.0400. The Kier molecular flexibility index (Phi) is 7.68. The molecule has 29 heavy (non-hydrogen) atoms. The average Bonchev–Trinajstić information content (AvgIpc) is 2.93. The molecule has 172 valence electrons. The third-order valence-electron chi connectivity index (χ3n) is 10.3. The van der Waals surface area contributed by atoms with E-state index in [2.05, 4.69) is 76.2 Å². The Morgan fingerprint density at radius 2 is 1.59 bits per heavy atom. The molecule has 0 spiro atoms. The fraction of sp³-hybridized carbons (Fsp3) is 1.00. The summed E-state index contributed by atoms with van der Waals surface area (Å²) in [6, 6.07) is 0. The van der Waals surface area contributed by atoms with E-state index in [0.717, 1.165) is 41.4 Å². The molecule has 0 amide bonds. The Balaban J connectivity index is 2.37. The topological polar surface area (TPSA) is 26.0 Å². The maximum Gasteiger partial charge on any atom is 0.0242 e. The molecule has 8 unspecified atom stereocenters. The summed E-state index contributed by atoms with van der Waals surface area (Å²) >= 11 is 0. The van der Waals surface area contributed by atoms with Gasteiger partial charge >= 0.3 is 0 Å². The van der Waals surface area contributed by atoms with Gasteiger partial charge in [0.2, 0.25) is 0 Å². The van der Waals surface area contributed by atoms with Crippen LogP contribution in [0.1, 0.15) is 115 Å². The minimum Gasteiger partial charge on any atom is -0.324 e. The molecule has 0 aliphatic heterocycles. The van der Waals surface area contributed by atoms with Crippen LogP contribution in [-0.4, -0.2) is 5.54 Å². The number of nitrogens with two attached hydrogens (primary N) is 1. The van der Waals surface area contributed by atoms with Crippen molar-refractivity contribution >= 4 is 0 Å². The van der Waals surface area contributed by atoms with Crippen molar-refractivity contribution in [2.45, 2.75) is 120 Å². The molecule has 0 bridgehead atoms. The first-order valence-corrected chi connectivity index (χ1v) is 13.0. The molecule has 2 N–H and O–H groups in total. The Morgan fingerprint density at radius 1 is 1.00 bits per heavy atom. The minimum absolute atomic E-state index is 0.0342. The Bertz CT molecular complexity index is 534. The quantitative estimate of drug-likeness (QED) is 0.411. The number of hydrogen-bond donors (Lipinski definition) is 1. The standard InChI is InChI=1S/C28H55N/c1-12-26(9,10)17-25-24(14-20(6)21(7)19(4)5)22(8)28(29)16-23(13-18(2)3)15-27(25,28)11/h18-25H,12-17,29H2,1-11H3. The third-order valence-corrected chi connectivity index (χ3v) is 10.3. The summed E-state index contributed by atoms with van der Waals surface area (Å²) in [5.74, 6) is 6.16. The second kappa shape index (κ2) is 8.84. The molecule has 0 aromatic carbocycles. The molecule has 2 saturated carbocycles. The van der Waals surface area contributed by atoms with Gasteiger partial charge in [0.25, 0.3) is 0 Å². The lowest BCUT2D eigenvalue weighted by Gasteiger charge is -2.43. The smallest absolute Gasteiger partial charge is 0.0242 e. The van der Waals surface area contributed by atoms with Crippen LogP contribution in [0.15, 0.2) is 0 Å². The van der Waals surface area contributed by atoms with Crippen LogP contribution in [0.5, 0.6) is 0 Å². The highest BCUT2D eigenvalue weighted by atomic mass is 14.9. The van der Waals surface area contributed by atoms with E-state index in [1.807, 2.05) is 0 Å². The first-order valence-electron chi connectivity index (χ1n) is 13.0. The second-order valence-electron chi connectivity index (χ2n) is 13.5. The van der Waals surface area contributed by atoms with Crippen LogP contribution in [0.2, 0.25) is 0 Å². The van der Waals surface area contributed by atoms with Gasteiger partial charge in [-0.1, -0.05) is 82.6 Å². The third kappa shape index (κ3) is 4.75. The number of hydrogen-bond acceptors (Lipinski definition) is 1. The van der Waals surface area contributed by atoms with Crippen molar-refractivity contribution in [3.05, 3.63) is 0 Å². The first kappa shape index (κ1) is 25.2. The van der Waals surface area contributed by atoms with Crippen molar-refractivity contribution in [3.8, 4) is 0 Å². The van der Waals surface area contributed by atoms with Crippen molar-refractivity contribution in [1.82, 2.24) is 0 Å². The van der Waals surface area contributed by atoms with Gasteiger partial charge in [-0.25, -0.2) is 0 Å². The highest BCUT2D eigenvalue weighted by Gasteiger charge is 2.67. The van der Waals surface area contributed by atoms with Gasteiger partial charge in [0.15, 0.2) is 0 Å². The molecule has 2 fully saturated rings. The van der Waals surface area contributed by atoms with Gasteiger partial charge in [-0.15, -0.1) is 0 Å². The molecule has 0 radical (unpaired) electrons. The van der Waals surface area contributed by atoms with E-state index in [-0.39, 0.29) is 5.54 Å². The van der Waals surface area contributed by atoms with Crippen LogP contribution in [0, 0.1) is 58.2 Å². The molecule has 2 rings (SSSR count). The maximum absolute atomic E-state index is 7.46. The van der Waals surface area contributed by atoms with E-state index < -0.39 is 0 Å². The van der Waals surface area contributed by atoms with Crippen LogP contribution in [0.25, 0.3) is 0 Å². The zero-order valence-electron chi connectivity index (χ0n) is 21.9. The van der Waals surface area contributed by atoms with Gasteiger partial charge in [-0.2, -0.15) is 0 Å². The first-order chi connectivity index (χ1) is 13.2. The lowest BCUT2D eigenvalue weighted by Crippen LogP contribution is -2.52. The van der Waals surface area contributed by atoms with Gasteiger partial charge in [-0.05, 0) is 90.3 Å². The van der Waals surface area contributed by atoms with E-state index in [0.29, 0.717) is 16.7 Å². The van der Waals surface area contributed by atoms with E-state index in [1.165, 1.54) is 38.5 Å². The SMILES string of the molecule is CCC(C)(C)CC1C(CC(C)C(C)C(C)C)C(C)C2(N)CC(CC(C)C)CC12C. The molecule has 1 nitrogen and oxygen atoms in total. The van der Waals surface area contributed by atoms with Crippen LogP contribution in [0.3, 0.4) is 0 Å². The molecule has 0 aromatic heterocycles. The Labute approximate surface area is 184 Å². The monoisotopic (exact) mass is 405 g/mol. The van der Waals surface area contributed by atoms with E-state index in [1.54, 1.807) is 0 Å². The predicted octanol–water partition coefficient (Wildman–Crippen LogP) is 8.17. The van der Waals surface area contributed by atoms with Gasteiger partial charge < -0.3 is 5.73 Å². The summed E-state index contributed by atoms with van der Waals surface area (Å²) in [5.41, 5.74) is 8.22. The summed E-state index contributed by atoms with van der Waals surface area (Å²) < 4.78 is 0. The fourth-order valence-corrected chi connectivity index (χ4v) is 7.60. The van der Waals surface area contributed by atoms with Crippen molar-refractivity contribution in [2.24, 2.45) is 63.9 Å². The lowest BCUT2D eigenvalue weighted by atomic mass is 9.63. The summed E-state index contributed by atoms with van der Waals surface area (Å²) in [4.78, 5) is 0. The minimum atomic E-state index is 0.0342. The summed E-state index contributed by atoms with van der Waals surface area (Å²) in [6.45, 7) is 27.1. The molecule has 0 aromatic rings. The molecule has 8 atom stereocenters. The fourth-order valence-electron chi connectivity index (χ4n) is 7.60. The summed E-state index contributed by atoms with van der Waals surface area (Å²) in [7, 11) is 0. The van der Waals surface area contributed by atoms with E-state index in [9.17, 15) is 0 Å². The van der Waals surface area contributed by atoms with Crippen LogP contribution in [-0.2, 0) is 0 Å². The van der Waals surface area contributed by atoms with Crippen LogP contribution >= 0.6 is 0 Å². The molecule has 2 aliphatic carbocycles. The Morgan fingerprint density at radius 3 is 2.07 bits per heavy atom. The molecular formula is C28H55N. The zero-order chi connectivity index (χ0) is 22.4. The van der Waals surface area contributed by atoms with Crippen molar-refractivity contribution in [3.63, 3.8) is 0 Å². The number of fused-ring (bicyclic) bond motifs is 1. The van der Waals surface area contributed by atoms with E-state index >= 15 is 0 Å². The van der Waals surface area contributed by atoms with Crippen molar-refractivity contribution in [2.75, 3.05) is 0 Å². The molecule has 0 saturated heterocycles.